The van der Waals surface area contributed by atoms with E-state index in [2.05, 4.69) is 35.3 Å². The van der Waals surface area contributed by atoms with Gasteiger partial charge < -0.3 is 10.7 Å². The van der Waals surface area contributed by atoms with Gasteiger partial charge in [0.05, 0.1) is 0 Å². The van der Waals surface area contributed by atoms with Crippen LogP contribution in [0.3, 0.4) is 0 Å². The van der Waals surface area contributed by atoms with E-state index < -0.39 is 0 Å². The van der Waals surface area contributed by atoms with Crippen LogP contribution in [0.5, 0.6) is 0 Å². The molecule has 0 bridgehead atoms. The van der Waals surface area contributed by atoms with Gasteiger partial charge in [-0.3, -0.25) is 0 Å². The molecule has 1 unspecified atom stereocenters. The molecule has 1 aromatic heterocycles. The first-order valence-corrected chi connectivity index (χ1v) is 4.76. The average Bonchev–Trinajstić information content (AvgIpc) is 2.71. The topological polar surface area (TPSA) is 41.8 Å². The molecule has 72 valence electrons. The second-order valence-electron chi connectivity index (χ2n) is 3.49. The Morgan fingerprint density at radius 3 is 2.36 bits per heavy atom. The SMILES string of the molecule is CC(N)c1ccc(-c2ccc[nH]2)cc1. The summed E-state index contributed by atoms with van der Waals surface area (Å²) in [7, 11) is 0. The van der Waals surface area contributed by atoms with Gasteiger partial charge in [-0.05, 0) is 30.2 Å². The zero-order chi connectivity index (χ0) is 9.97. The molecule has 14 heavy (non-hydrogen) atoms. The largest absolute Gasteiger partial charge is 0.361 e. The molecule has 2 rings (SSSR count). The first kappa shape index (κ1) is 9.03. The van der Waals surface area contributed by atoms with E-state index in [1.165, 1.54) is 11.1 Å². The lowest BCUT2D eigenvalue weighted by atomic mass is 10.1. The van der Waals surface area contributed by atoms with Crippen molar-refractivity contribution in [3.05, 3.63) is 48.2 Å². The van der Waals surface area contributed by atoms with Gasteiger partial charge in [0.2, 0.25) is 0 Å². The molecule has 1 atom stereocenters. The lowest BCUT2D eigenvalue weighted by Gasteiger charge is -2.05. The zero-order valence-electron chi connectivity index (χ0n) is 8.20. The molecular formula is C12H14N2. The molecule has 2 nitrogen and oxygen atoms in total. The van der Waals surface area contributed by atoms with Crippen LogP contribution in [0, 0.1) is 0 Å². The highest BCUT2D eigenvalue weighted by molar-refractivity contribution is 5.59. The normalized spacial score (nSPS) is 12.7. The number of nitrogens with two attached hydrogens (primary N) is 1. The molecule has 0 saturated carbocycles. The number of hydrogen-bond donors (Lipinski definition) is 2. The summed E-state index contributed by atoms with van der Waals surface area (Å²) in [5.74, 6) is 0. The molecule has 0 aliphatic carbocycles. The number of H-pyrrole nitrogens is 1. The van der Waals surface area contributed by atoms with Gasteiger partial charge >= 0.3 is 0 Å². The molecule has 0 aliphatic rings. The summed E-state index contributed by atoms with van der Waals surface area (Å²) in [5.41, 5.74) is 9.28. The van der Waals surface area contributed by atoms with Crippen LogP contribution in [0.2, 0.25) is 0 Å². The molecule has 0 aliphatic heterocycles. The molecule has 0 spiro atoms. The predicted molar refractivity (Wildman–Crippen MR) is 58.8 cm³/mol. The summed E-state index contributed by atoms with van der Waals surface area (Å²) in [6.07, 6.45) is 1.93. The third-order valence-corrected chi connectivity index (χ3v) is 2.35. The lowest BCUT2D eigenvalue weighted by Crippen LogP contribution is -2.04. The van der Waals surface area contributed by atoms with Gasteiger partial charge in [-0.2, -0.15) is 0 Å². The standard InChI is InChI=1S/C12H14N2/c1-9(13)10-4-6-11(7-5-10)12-3-2-8-14-12/h2-9,14H,13H2,1H3. The highest BCUT2D eigenvalue weighted by Crippen LogP contribution is 2.19. The first-order chi connectivity index (χ1) is 6.77. The fourth-order valence-electron chi connectivity index (χ4n) is 1.48. The van der Waals surface area contributed by atoms with Crippen molar-refractivity contribution < 1.29 is 0 Å². The highest BCUT2D eigenvalue weighted by Gasteiger charge is 2.00. The van der Waals surface area contributed by atoms with E-state index in [1.54, 1.807) is 0 Å². The average molecular weight is 186 g/mol. The van der Waals surface area contributed by atoms with E-state index in [0.717, 1.165) is 5.69 Å². The van der Waals surface area contributed by atoms with Crippen molar-refractivity contribution in [2.75, 3.05) is 0 Å². The van der Waals surface area contributed by atoms with Crippen LogP contribution in [0.25, 0.3) is 11.3 Å². The summed E-state index contributed by atoms with van der Waals surface area (Å²) in [4.78, 5) is 3.17. The van der Waals surface area contributed by atoms with Crippen molar-refractivity contribution in [3.63, 3.8) is 0 Å². The number of benzene rings is 1. The Labute approximate surface area is 83.8 Å². The van der Waals surface area contributed by atoms with Crippen LogP contribution in [-0.2, 0) is 0 Å². The molecule has 1 heterocycles. The van der Waals surface area contributed by atoms with E-state index in [-0.39, 0.29) is 6.04 Å². The second-order valence-corrected chi connectivity index (χ2v) is 3.49. The molecule has 0 radical (unpaired) electrons. The quantitative estimate of drug-likeness (QED) is 0.744. The fourth-order valence-corrected chi connectivity index (χ4v) is 1.48. The summed E-state index contributed by atoms with van der Waals surface area (Å²) in [6.45, 7) is 1.99. The van der Waals surface area contributed by atoms with Crippen molar-refractivity contribution in [2.45, 2.75) is 13.0 Å². The van der Waals surface area contributed by atoms with Crippen molar-refractivity contribution >= 4 is 0 Å². The third-order valence-electron chi connectivity index (χ3n) is 2.35. The van der Waals surface area contributed by atoms with Gasteiger partial charge in [0.1, 0.15) is 0 Å². The minimum absolute atomic E-state index is 0.104. The smallest absolute Gasteiger partial charge is 0.0453 e. The molecule has 2 aromatic rings. The second kappa shape index (κ2) is 3.68. The minimum Gasteiger partial charge on any atom is -0.361 e. The molecule has 0 saturated heterocycles. The van der Waals surface area contributed by atoms with Crippen molar-refractivity contribution in [2.24, 2.45) is 5.73 Å². The Balaban J connectivity index is 2.31. The molecule has 0 amide bonds. The maximum atomic E-state index is 5.77. The van der Waals surface area contributed by atoms with Crippen LogP contribution in [0.15, 0.2) is 42.6 Å². The summed E-state index contributed by atoms with van der Waals surface area (Å²) in [5, 5.41) is 0. The van der Waals surface area contributed by atoms with Crippen LogP contribution in [-0.4, -0.2) is 4.98 Å². The molecule has 3 N–H and O–H groups in total. The van der Waals surface area contributed by atoms with E-state index >= 15 is 0 Å². The molecule has 0 fully saturated rings. The molecule has 2 heteroatoms. The van der Waals surface area contributed by atoms with Gasteiger partial charge in [-0.15, -0.1) is 0 Å². The number of rotatable bonds is 2. The van der Waals surface area contributed by atoms with Crippen LogP contribution in [0.4, 0.5) is 0 Å². The van der Waals surface area contributed by atoms with Gasteiger partial charge in [-0.25, -0.2) is 0 Å². The Morgan fingerprint density at radius 2 is 1.86 bits per heavy atom. The Hall–Kier alpha value is -1.54. The maximum Gasteiger partial charge on any atom is 0.0453 e. The van der Waals surface area contributed by atoms with E-state index in [0.29, 0.717) is 0 Å². The van der Waals surface area contributed by atoms with Crippen LogP contribution < -0.4 is 5.73 Å². The number of nitrogens with one attached hydrogen (secondary N) is 1. The Kier molecular flexibility index (Phi) is 2.37. The van der Waals surface area contributed by atoms with Gasteiger partial charge in [0.15, 0.2) is 0 Å². The number of aromatic nitrogens is 1. The highest BCUT2D eigenvalue weighted by atomic mass is 14.7. The molecular weight excluding hydrogens is 172 g/mol. The van der Waals surface area contributed by atoms with E-state index in [4.69, 9.17) is 5.73 Å². The first-order valence-electron chi connectivity index (χ1n) is 4.76. The fraction of sp³-hybridized carbons (Fsp3) is 0.167. The Bertz CT molecular complexity index is 385. The van der Waals surface area contributed by atoms with Crippen LogP contribution >= 0.6 is 0 Å². The van der Waals surface area contributed by atoms with Crippen molar-refractivity contribution in [1.82, 2.24) is 4.98 Å². The van der Waals surface area contributed by atoms with Crippen molar-refractivity contribution in [3.8, 4) is 11.3 Å². The summed E-state index contributed by atoms with van der Waals surface area (Å²) < 4.78 is 0. The lowest BCUT2D eigenvalue weighted by molar-refractivity contribution is 0.818. The van der Waals surface area contributed by atoms with Gasteiger partial charge in [0, 0.05) is 17.9 Å². The maximum absolute atomic E-state index is 5.77. The summed E-state index contributed by atoms with van der Waals surface area (Å²) >= 11 is 0. The molecule has 1 aromatic carbocycles. The summed E-state index contributed by atoms with van der Waals surface area (Å²) in [6, 6.07) is 12.5. The van der Waals surface area contributed by atoms with Gasteiger partial charge in [0.25, 0.3) is 0 Å². The van der Waals surface area contributed by atoms with Crippen LogP contribution in [0.1, 0.15) is 18.5 Å². The minimum atomic E-state index is 0.104. The number of hydrogen-bond acceptors (Lipinski definition) is 1. The Morgan fingerprint density at radius 1 is 1.14 bits per heavy atom. The third kappa shape index (κ3) is 1.70. The number of aromatic amines is 1. The predicted octanol–water partition coefficient (Wildman–Crippen LogP) is 2.70. The monoisotopic (exact) mass is 186 g/mol. The van der Waals surface area contributed by atoms with E-state index in [9.17, 15) is 0 Å². The van der Waals surface area contributed by atoms with Gasteiger partial charge in [-0.1, -0.05) is 24.3 Å². The van der Waals surface area contributed by atoms with E-state index in [1.807, 2.05) is 19.2 Å². The zero-order valence-corrected chi connectivity index (χ0v) is 8.20. The van der Waals surface area contributed by atoms with Crippen molar-refractivity contribution in [1.29, 1.82) is 0 Å².